The highest BCUT2D eigenvalue weighted by molar-refractivity contribution is 7.89. The van der Waals surface area contributed by atoms with Crippen molar-refractivity contribution in [2.24, 2.45) is 0 Å². The van der Waals surface area contributed by atoms with Crippen LogP contribution in [-0.4, -0.2) is 61.2 Å². The number of nitro groups is 1. The molecule has 1 aliphatic heterocycles. The molecule has 0 bridgehead atoms. The first-order valence-corrected chi connectivity index (χ1v) is 10.1. The van der Waals surface area contributed by atoms with Crippen LogP contribution in [0.3, 0.4) is 0 Å². The molecule has 0 saturated carbocycles. The summed E-state index contributed by atoms with van der Waals surface area (Å²) in [5.41, 5.74) is -0.244. The van der Waals surface area contributed by atoms with E-state index in [1.54, 1.807) is 6.07 Å². The topological polar surface area (TPSA) is 110 Å². The fourth-order valence-electron chi connectivity index (χ4n) is 2.92. The van der Waals surface area contributed by atoms with E-state index in [1.807, 2.05) is 0 Å². The Kier molecular flexibility index (Phi) is 6.09. The van der Waals surface area contributed by atoms with Gasteiger partial charge in [-0.1, -0.05) is 18.2 Å². The number of halogens is 1. The van der Waals surface area contributed by atoms with Gasteiger partial charge in [-0.2, -0.15) is 4.31 Å². The molecule has 29 heavy (non-hydrogen) atoms. The maximum Gasteiger partial charge on any atom is 0.310 e. The predicted molar refractivity (Wildman–Crippen MR) is 100 cm³/mol. The summed E-state index contributed by atoms with van der Waals surface area (Å²) in [6.07, 6.45) is 0. The smallest absolute Gasteiger partial charge is 0.310 e. The minimum Gasteiger partial charge on any atom is -0.477 e. The van der Waals surface area contributed by atoms with E-state index in [4.69, 9.17) is 4.74 Å². The lowest BCUT2D eigenvalue weighted by atomic mass is 10.3. The highest BCUT2D eigenvalue weighted by atomic mass is 32.2. The Labute approximate surface area is 166 Å². The Balaban J connectivity index is 1.58. The van der Waals surface area contributed by atoms with E-state index in [0.717, 1.165) is 12.1 Å². The minimum atomic E-state index is -3.85. The SMILES string of the molecule is O=C(COc1ccccc1[N+](=O)[O-])N1CCN(S(=O)(=O)c2cccc(F)c2)CC1. The average molecular weight is 423 g/mol. The number of amides is 1. The van der Waals surface area contributed by atoms with Gasteiger partial charge in [-0.05, 0) is 24.3 Å². The lowest BCUT2D eigenvalue weighted by molar-refractivity contribution is -0.385. The molecule has 1 aliphatic rings. The summed E-state index contributed by atoms with van der Waals surface area (Å²) in [7, 11) is -3.85. The van der Waals surface area contributed by atoms with Crippen molar-refractivity contribution in [2.45, 2.75) is 4.90 Å². The number of piperazine rings is 1. The molecule has 0 aliphatic carbocycles. The van der Waals surface area contributed by atoms with Crippen molar-refractivity contribution in [3.63, 3.8) is 0 Å². The molecule has 3 rings (SSSR count). The maximum atomic E-state index is 13.3. The number of hydrogen-bond acceptors (Lipinski definition) is 6. The molecule has 0 radical (unpaired) electrons. The number of rotatable bonds is 6. The summed E-state index contributed by atoms with van der Waals surface area (Å²) in [5, 5.41) is 11.0. The van der Waals surface area contributed by atoms with Crippen molar-refractivity contribution in [2.75, 3.05) is 32.8 Å². The maximum absolute atomic E-state index is 13.3. The number of nitro benzene ring substituents is 1. The zero-order chi connectivity index (χ0) is 21.0. The molecule has 1 saturated heterocycles. The fourth-order valence-corrected chi connectivity index (χ4v) is 4.37. The molecule has 2 aromatic rings. The van der Waals surface area contributed by atoms with Crippen LogP contribution in [0.1, 0.15) is 0 Å². The summed E-state index contributed by atoms with van der Waals surface area (Å²) in [5.74, 6) is -1.07. The predicted octanol–water partition coefficient (Wildman–Crippen LogP) is 1.65. The largest absolute Gasteiger partial charge is 0.477 e. The van der Waals surface area contributed by atoms with Crippen molar-refractivity contribution >= 4 is 21.6 Å². The van der Waals surface area contributed by atoms with Crippen LogP contribution < -0.4 is 4.74 Å². The third-order valence-electron chi connectivity index (χ3n) is 4.44. The van der Waals surface area contributed by atoms with Gasteiger partial charge in [0.1, 0.15) is 5.82 Å². The quantitative estimate of drug-likeness (QED) is 0.516. The van der Waals surface area contributed by atoms with Crippen molar-refractivity contribution in [1.29, 1.82) is 0 Å². The van der Waals surface area contributed by atoms with Crippen LogP contribution in [0.4, 0.5) is 10.1 Å². The van der Waals surface area contributed by atoms with Crippen LogP contribution in [0.15, 0.2) is 53.4 Å². The number of nitrogens with zero attached hydrogens (tertiary/aromatic N) is 3. The number of carbonyl (C=O) groups excluding carboxylic acids is 1. The van der Waals surface area contributed by atoms with Crippen LogP contribution in [0.5, 0.6) is 5.75 Å². The molecule has 1 heterocycles. The van der Waals surface area contributed by atoms with Crippen molar-refractivity contribution in [3.05, 3.63) is 64.5 Å². The molecule has 11 heteroatoms. The van der Waals surface area contributed by atoms with Gasteiger partial charge >= 0.3 is 5.69 Å². The van der Waals surface area contributed by atoms with Gasteiger partial charge in [0.05, 0.1) is 9.82 Å². The zero-order valence-corrected chi connectivity index (χ0v) is 16.0. The highest BCUT2D eigenvalue weighted by Crippen LogP contribution is 2.26. The number of para-hydroxylation sites is 2. The molecular formula is C18H18FN3O6S. The Morgan fingerprint density at radius 3 is 2.45 bits per heavy atom. The van der Waals surface area contributed by atoms with Gasteiger partial charge in [0, 0.05) is 32.2 Å². The van der Waals surface area contributed by atoms with Gasteiger partial charge in [-0.3, -0.25) is 14.9 Å². The lowest BCUT2D eigenvalue weighted by Gasteiger charge is -2.33. The number of carbonyl (C=O) groups is 1. The lowest BCUT2D eigenvalue weighted by Crippen LogP contribution is -2.51. The third-order valence-corrected chi connectivity index (χ3v) is 6.33. The first kappa shape index (κ1) is 20.7. The van der Waals surface area contributed by atoms with E-state index >= 15 is 0 Å². The number of sulfonamides is 1. The van der Waals surface area contributed by atoms with Crippen LogP contribution in [-0.2, 0) is 14.8 Å². The van der Waals surface area contributed by atoms with Gasteiger partial charge in [-0.15, -0.1) is 0 Å². The van der Waals surface area contributed by atoms with Gasteiger partial charge < -0.3 is 9.64 Å². The van der Waals surface area contributed by atoms with E-state index in [-0.39, 0.29) is 42.5 Å². The number of benzene rings is 2. The molecule has 2 aromatic carbocycles. The Morgan fingerprint density at radius 1 is 1.10 bits per heavy atom. The normalized spacial score (nSPS) is 15.1. The van der Waals surface area contributed by atoms with Gasteiger partial charge in [0.2, 0.25) is 10.0 Å². The van der Waals surface area contributed by atoms with E-state index < -0.39 is 33.3 Å². The highest BCUT2D eigenvalue weighted by Gasteiger charge is 2.30. The first-order chi connectivity index (χ1) is 13.8. The number of hydrogen-bond donors (Lipinski definition) is 0. The van der Waals surface area contributed by atoms with Crippen LogP contribution in [0.2, 0.25) is 0 Å². The standard InChI is InChI=1S/C18H18FN3O6S/c19-14-4-3-5-15(12-14)29(26,27)21-10-8-20(9-11-21)18(23)13-28-17-7-2-1-6-16(17)22(24)25/h1-7,12H,8-11,13H2. The molecule has 1 fully saturated rings. The Hall–Kier alpha value is -3.05. The minimum absolute atomic E-state index is 0.0156. The monoisotopic (exact) mass is 423 g/mol. The second-order valence-corrected chi connectivity index (χ2v) is 8.19. The van der Waals surface area contributed by atoms with Crippen molar-refractivity contribution < 1.29 is 27.3 Å². The van der Waals surface area contributed by atoms with Crippen LogP contribution in [0.25, 0.3) is 0 Å². The summed E-state index contributed by atoms with van der Waals surface area (Å²) in [6, 6.07) is 10.5. The molecule has 1 amide bonds. The van der Waals surface area contributed by atoms with Gasteiger partial charge in [0.25, 0.3) is 5.91 Å². The molecule has 0 N–H and O–H groups in total. The van der Waals surface area contributed by atoms with Crippen molar-refractivity contribution in [3.8, 4) is 5.75 Å². The van der Waals surface area contributed by atoms with E-state index in [1.165, 1.54) is 39.5 Å². The molecule has 9 nitrogen and oxygen atoms in total. The second kappa shape index (κ2) is 8.53. The number of ether oxygens (including phenoxy) is 1. The summed E-state index contributed by atoms with van der Waals surface area (Å²) >= 11 is 0. The van der Waals surface area contributed by atoms with Gasteiger partial charge in [-0.25, -0.2) is 12.8 Å². The summed E-state index contributed by atoms with van der Waals surface area (Å²) in [4.78, 5) is 24.0. The summed E-state index contributed by atoms with van der Waals surface area (Å²) < 4.78 is 45.0. The van der Waals surface area contributed by atoms with Crippen LogP contribution >= 0.6 is 0 Å². The average Bonchev–Trinajstić information content (AvgIpc) is 2.72. The molecule has 0 aromatic heterocycles. The molecule has 0 unspecified atom stereocenters. The van der Waals surface area contributed by atoms with E-state index in [2.05, 4.69) is 0 Å². The molecule has 0 spiro atoms. The Morgan fingerprint density at radius 2 is 1.79 bits per heavy atom. The first-order valence-electron chi connectivity index (χ1n) is 8.69. The Bertz CT molecular complexity index is 1020. The van der Waals surface area contributed by atoms with Gasteiger partial charge in [0.15, 0.2) is 12.4 Å². The zero-order valence-electron chi connectivity index (χ0n) is 15.2. The third kappa shape index (κ3) is 4.69. The molecule has 154 valence electrons. The van der Waals surface area contributed by atoms with Crippen LogP contribution in [0, 0.1) is 15.9 Å². The van der Waals surface area contributed by atoms with E-state index in [0.29, 0.717) is 0 Å². The van der Waals surface area contributed by atoms with Crippen molar-refractivity contribution in [1.82, 2.24) is 9.21 Å². The molecular weight excluding hydrogens is 405 g/mol. The fraction of sp³-hybridized carbons (Fsp3) is 0.278. The summed E-state index contributed by atoms with van der Waals surface area (Å²) in [6.45, 7) is -0.0329. The van der Waals surface area contributed by atoms with E-state index in [9.17, 15) is 27.7 Å². The molecule has 0 atom stereocenters. The second-order valence-electron chi connectivity index (χ2n) is 6.26.